The van der Waals surface area contributed by atoms with Crippen LogP contribution in [0.5, 0.6) is 11.5 Å². The summed E-state index contributed by atoms with van der Waals surface area (Å²) in [5, 5.41) is 3.26. The Balaban J connectivity index is 1.98. The number of ether oxygens (including phenoxy) is 2. The molecule has 114 valence electrons. The standard InChI is InChI=1S/C16H14ClNO4/c1-21-14-7-2-11(9-19)8-15(14)22-10-16(20)18-13-5-3-12(17)4-6-13/h2-9H,10H2,1H3,(H,18,20). The number of amides is 1. The van der Waals surface area contributed by atoms with E-state index in [0.717, 1.165) is 0 Å². The van der Waals surface area contributed by atoms with Crippen molar-refractivity contribution in [2.24, 2.45) is 0 Å². The number of hydrogen-bond acceptors (Lipinski definition) is 4. The maximum Gasteiger partial charge on any atom is 0.262 e. The summed E-state index contributed by atoms with van der Waals surface area (Å²) in [4.78, 5) is 22.6. The van der Waals surface area contributed by atoms with E-state index in [9.17, 15) is 9.59 Å². The molecule has 2 aromatic rings. The number of methoxy groups -OCH3 is 1. The number of benzene rings is 2. The normalized spacial score (nSPS) is 9.91. The SMILES string of the molecule is COc1ccc(C=O)cc1OCC(=O)Nc1ccc(Cl)cc1. The second-order valence-corrected chi connectivity index (χ2v) is 4.81. The fraction of sp³-hybridized carbons (Fsp3) is 0.125. The maximum atomic E-state index is 11.8. The second kappa shape index (κ2) is 7.47. The van der Waals surface area contributed by atoms with Crippen LogP contribution < -0.4 is 14.8 Å². The van der Waals surface area contributed by atoms with Crippen molar-refractivity contribution in [1.82, 2.24) is 0 Å². The fourth-order valence-corrected chi connectivity index (χ4v) is 1.88. The molecule has 0 heterocycles. The van der Waals surface area contributed by atoms with Gasteiger partial charge in [0.2, 0.25) is 0 Å². The number of hydrogen-bond donors (Lipinski definition) is 1. The number of rotatable bonds is 6. The van der Waals surface area contributed by atoms with Gasteiger partial charge in [0.1, 0.15) is 6.29 Å². The van der Waals surface area contributed by atoms with Gasteiger partial charge >= 0.3 is 0 Å². The first-order chi connectivity index (χ1) is 10.6. The first-order valence-corrected chi connectivity index (χ1v) is 6.81. The number of halogens is 1. The van der Waals surface area contributed by atoms with Crippen LogP contribution in [-0.4, -0.2) is 25.9 Å². The average Bonchev–Trinajstić information content (AvgIpc) is 2.54. The minimum absolute atomic E-state index is 0.207. The summed E-state index contributed by atoms with van der Waals surface area (Å²) in [7, 11) is 1.48. The van der Waals surface area contributed by atoms with Crippen LogP contribution in [0, 0.1) is 0 Å². The van der Waals surface area contributed by atoms with Crippen molar-refractivity contribution >= 4 is 29.5 Å². The van der Waals surface area contributed by atoms with E-state index in [1.165, 1.54) is 13.2 Å². The Morgan fingerprint density at radius 2 is 1.91 bits per heavy atom. The van der Waals surface area contributed by atoms with E-state index in [1.807, 2.05) is 0 Å². The van der Waals surface area contributed by atoms with Crippen LogP contribution in [0.25, 0.3) is 0 Å². The first kappa shape index (κ1) is 15.9. The van der Waals surface area contributed by atoms with Gasteiger partial charge in [-0.2, -0.15) is 0 Å². The second-order valence-electron chi connectivity index (χ2n) is 4.37. The van der Waals surface area contributed by atoms with Gasteiger partial charge in [-0.25, -0.2) is 0 Å². The Hall–Kier alpha value is -2.53. The Labute approximate surface area is 132 Å². The Bertz CT molecular complexity index is 670. The lowest BCUT2D eigenvalue weighted by Crippen LogP contribution is -2.20. The van der Waals surface area contributed by atoms with Crippen molar-refractivity contribution in [3.63, 3.8) is 0 Å². The van der Waals surface area contributed by atoms with Gasteiger partial charge in [-0.15, -0.1) is 0 Å². The minimum atomic E-state index is -0.333. The highest BCUT2D eigenvalue weighted by atomic mass is 35.5. The van der Waals surface area contributed by atoms with E-state index in [4.69, 9.17) is 21.1 Å². The summed E-state index contributed by atoms with van der Waals surface area (Å²) in [5.74, 6) is 0.448. The van der Waals surface area contributed by atoms with Gasteiger partial charge in [-0.3, -0.25) is 9.59 Å². The number of aldehydes is 1. The summed E-state index contributed by atoms with van der Waals surface area (Å²) in [6.07, 6.45) is 0.695. The van der Waals surface area contributed by atoms with Gasteiger partial charge in [0.05, 0.1) is 7.11 Å². The molecule has 0 unspecified atom stereocenters. The molecule has 2 aromatic carbocycles. The largest absolute Gasteiger partial charge is 0.493 e. The molecule has 0 atom stereocenters. The molecule has 0 saturated heterocycles. The van der Waals surface area contributed by atoms with Gasteiger partial charge in [0.25, 0.3) is 5.91 Å². The highest BCUT2D eigenvalue weighted by Crippen LogP contribution is 2.27. The molecular formula is C16H14ClNO4. The maximum absolute atomic E-state index is 11.8. The number of carbonyl (C=O) groups excluding carboxylic acids is 2. The average molecular weight is 320 g/mol. The van der Waals surface area contributed by atoms with E-state index >= 15 is 0 Å². The van der Waals surface area contributed by atoms with Gasteiger partial charge in [-0.1, -0.05) is 11.6 Å². The third-order valence-corrected chi connectivity index (χ3v) is 3.06. The molecule has 22 heavy (non-hydrogen) atoms. The molecule has 2 rings (SSSR count). The molecular weight excluding hydrogens is 306 g/mol. The van der Waals surface area contributed by atoms with Crippen LogP contribution in [0.15, 0.2) is 42.5 Å². The molecule has 0 bridgehead atoms. The summed E-state index contributed by atoms with van der Waals surface area (Å²) < 4.78 is 10.5. The zero-order valence-electron chi connectivity index (χ0n) is 11.8. The van der Waals surface area contributed by atoms with Crippen LogP contribution in [0.1, 0.15) is 10.4 Å². The van der Waals surface area contributed by atoms with Crippen LogP contribution in [-0.2, 0) is 4.79 Å². The zero-order chi connectivity index (χ0) is 15.9. The van der Waals surface area contributed by atoms with Gasteiger partial charge in [0, 0.05) is 16.3 Å². The van der Waals surface area contributed by atoms with Crippen LogP contribution in [0.2, 0.25) is 5.02 Å². The van der Waals surface area contributed by atoms with Gasteiger partial charge < -0.3 is 14.8 Å². The van der Waals surface area contributed by atoms with Crippen molar-refractivity contribution < 1.29 is 19.1 Å². The van der Waals surface area contributed by atoms with Crippen LogP contribution >= 0.6 is 11.6 Å². The molecule has 0 spiro atoms. The molecule has 0 saturated carbocycles. The van der Waals surface area contributed by atoms with E-state index in [2.05, 4.69) is 5.32 Å². The van der Waals surface area contributed by atoms with Crippen molar-refractivity contribution in [2.45, 2.75) is 0 Å². The highest BCUT2D eigenvalue weighted by Gasteiger charge is 2.09. The smallest absolute Gasteiger partial charge is 0.262 e. The van der Waals surface area contributed by atoms with Crippen molar-refractivity contribution in [3.8, 4) is 11.5 Å². The summed E-state index contributed by atoms with van der Waals surface area (Å²) in [5.41, 5.74) is 1.06. The summed E-state index contributed by atoms with van der Waals surface area (Å²) >= 11 is 5.77. The van der Waals surface area contributed by atoms with E-state index in [1.54, 1.807) is 36.4 Å². The molecule has 6 heteroatoms. The van der Waals surface area contributed by atoms with Crippen molar-refractivity contribution in [1.29, 1.82) is 0 Å². The number of nitrogens with one attached hydrogen (secondary N) is 1. The lowest BCUT2D eigenvalue weighted by molar-refractivity contribution is -0.118. The summed E-state index contributed by atoms with van der Waals surface area (Å²) in [6.45, 7) is -0.207. The fourth-order valence-electron chi connectivity index (χ4n) is 1.75. The van der Waals surface area contributed by atoms with Crippen molar-refractivity contribution in [2.75, 3.05) is 19.0 Å². The molecule has 0 aliphatic heterocycles. The predicted octanol–water partition coefficient (Wildman–Crippen LogP) is 3.18. The van der Waals surface area contributed by atoms with E-state index in [-0.39, 0.29) is 12.5 Å². The lowest BCUT2D eigenvalue weighted by Gasteiger charge is -2.11. The first-order valence-electron chi connectivity index (χ1n) is 6.44. The monoisotopic (exact) mass is 319 g/mol. The topological polar surface area (TPSA) is 64.6 Å². The third kappa shape index (κ3) is 4.23. The van der Waals surface area contributed by atoms with Crippen LogP contribution in [0.3, 0.4) is 0 Å². The highest BCUT2D eigenvalue weighted by molar-refractivity contribution is 6.30. The molecule has 0 radical (unpaired) electrons. The van der Waals surface area contributed by atoms with Gasteiger partial charge in [0.15, 0.2) is 18.1 Å². The van der Waals surface area contributed by atoms with Gasteiger partial charge in [-0.05, 0) is 42.5 Å². The Morgan fingerprint density at radius 1 is 1.18 bits per heavy atom. The zero-order valence-corrected chi connectivity index (χ0v) is 12.6. The van der Waals surface area contributed by atoms with Crippen molar-refractivity contribution in [3.05, 3.63) is 53.1 Å². The Morgan fingerprint density at radius 3 is 2.55 bits per heavy atom. The minimum Gasteiger partial charge on any atom is -0.493 e. The molecule has 0 aromatic heterocycles. The lowest BCUT2D eigenvalue weighted by atomic mass is 10.2. The molecule has 0 aliphatic rings. The van der Waals surface area contributed by atoms with Crippen LogP contribution in [0.4, 0.5) is 5.69 Å². The van der Waals surface area contributed by atoms with E-state index < -0.39 is 0 Å². The Kier molecular flexibility index (Phi) is 5.38. The quantitative estimate of drug-likeness (QED) is 0.831. The predicted molar refractivity (Wildman–Crippen MR) is 84.0 cm³/mol. The molecule has 1 N–H and O–H groups in total. The third-order valence-electron chi connectivity index (χ3n) is 2.81. The molecule has 0 aliphatic carbocycles. The molecule has 1 amide bonds. The summed E-state index contributed by atoms with van der Waals surface area (Å²) in [6, 6.07) is 11.5. The number of carbonyl (C=O) groups is 2. The molecule has 5 nitrogen and oxygen atoms in total. The van der Waals surface area contributed by atoms with E-state index in [0.29, 0.717) is 34.1 Å². The molecule has 0 fully saturated rings. The number of anilines is 1.